The Balaban J connectivity index is 2.19. The molecule has 1 rings (SSSR count). The third kappa shape index (κ3) is 2.47. The van der Waals surface area contributed by atoms with Crippen molar-refractivity contribution in [1.29, 1.82) is 5.26 Å². The smallest absolute Gasteiger partial charge is 0.0924 e. The Morgan fingerprint density at radius 2 is 2.33 bits per heavy atom. The summed E-state index contributed by atoms with van der Waals surface area (Å²) in [5.74, 6) is 0. The molecule has 0 saturated heterocycles. The Hall–Kier alpha value is -0.590. The van der Waals surface area contributed by atoms with E-state index in [1.54, 1.807) is 0 Å². The largest absolute Gasteiger partial charge is 0.396 e. The number of nitrogens with one attached hydrogen (secondary N) is 1. The van der Waals surface area contributed by atoms with Crippen LogP contribution in [0.15, 0.2) is 0 Å². The zero-order valence-corrected chi connectivity index (χ0v) is 7.51. The predicted molar refractivity (Wildman–Crippen MR) is 46.4 cm³/mol. The van der Waals surface area contributed by atoms with Crippen molar-refractivity contribution in [2.24, 2.45) is 5.41 Å². The van der Waals surface area contributed by atoms with Crippen LogP contribution in [0.5, 0.6) is 0 Å². The molecular weight excluding hydrogens is 152 g/mol. The molecule has 1 aliphatic rings. The van der Waals surface area contributed by atoms with Gasteiger partial charge in [0.25, 0.3) is 0 Å². The molecule has 1 unspecified atom stereocenters. The Kier molecular flexibility index (Phi) is 3.07. The van der Waals surface area contributed by atoms with Crippen LogP contribution in [-0.4, -0.2) is 24.3 Å². The highest BCUT2D eigenvalue weighted by atomic mass is 16.3. The van der Waals surface area contributed by atoms with E-state index in [4.69, 9.17) is 10.4 Å². The van der Waals surface area contributed by atoms with Crippen LogP contribution in [0.4, 0.5) is 0 Å². The normalized spacial score (nSPS) is 21.4. The summed E-state index contributed by atoms with van der Waals surface area (Å²) in [5.41, 5.74) is 0.319. The Morgan fingerprint density at radius 1 is 1.67 bits per heavy atom. The van der Waals surface area contributed by atoms with Crippen molar-refractivity contribution >= 4 is 0 Å². The lowest BCUT2D eigenvalue weighted by Gasteiger charge is -2.15. The van der Waals surface area contributed by atoms with Gasteiger partial charge in [0.15, 0.2) is 0 Å². The Labute approximate surface area is 73.4 Å². The SMILES string of the molecule is CC(C#N)NCC1(CCO)CC1. The fraction of sp³-hybridized carbons (Fsp3) is 0.889. The van der Waals surface area contributed by atoms with E-state index in [0.29, 0.717) is 5.41 Å². The van der Waals surface area contributed by atoms with Gasteiger partial charge >= 0.3 is 0 Å². The lowest BCUT2D eigenvalue weighted by atomic mass is 10.0. The quantitative estimate of drug-likeness (QED) is 0.633. The number of aliphatic hydroxyl groups is 1. The lowest BCUT2D eigenvalue weighted by molar-refractivity contribution is 0.244. The van der Waals surface area contributed by atoms with E-state index in [-0.39, 0.29) is 12.6 Å². The van der Waals surface area contributed by atoms with Gasteiger partial charge in [0.2, 0.25) is 0 Å². The fourth-order valence-corrected chi connectivity index (χ4v) is 1.34. The average molecular weight is 168 g/mol. The van der Waals surface area contributed by atoms with E-state index in [0.717, 1.165) is 13.0 Å². The maximum atomic E-state index is 8.77. The van der Waals surface area contributed by atoms with E-state index >= 15 is 0 Å². The zero-order chi connectivity index (χ0) is 9.03. The van der Waals surface area contributed by atoms with Crippen molar-refractivity contribution in [3.63, 3.8) is 0 Å². The maximum Gasteiger partial charge on any atom is 0.0924 e. The molecule has 0 spiro atoms. The topological polar surface area (TPSA) is 56.0 Å². The van der Waals surface area contributed by atoms with Gasteiger partial charge in [-0.05, 0) is 31.6 Å². The molecule has 0 heterocycles. The first-order chi connectivity index (χ1) is 5.72. The van der Waals surface area contributed by atoms with Gasteiger partial charge in [0.1, 0.15) is 0 Å². The van der Waals surface area contributed by atoms with Gasteiger partial charge in [0.05, 0.1) is 12.1 Å². The molecule has 3 nitrogen and oxygen atoms in total. The van der Waals surface area contributed by atoms with E-state index in [1.807, 2.05) is 6.92 Å². The first kappa shape index (κ1) is 9.50. The molecule has 0 aromatic heterocycles. The standard InChI is InChI=1S/C9H16N2O/c1-8(6-10)11-7-9(2-3-9)4-5-12/h8,11-12H,2-5,7H2,1H3. The second-order valence-electron chi connectivity index (χ2n) is 3.71. The minimum atomic E-state index is -0.0684. The molecule has 0 aromatic carbocycles. The molecule has 0 amide bonds. The van der Waals surface area contributed by atoms with Crippen LogP contribution in [-0.2, 0) is 0 Å². The molecular formula is C9H16N2O. The number of hydrogen-bond acceptors (Lipinski definition) is 3. The highest BCUT2D eigenvalue weighted by Crippen LogP contribution is 2.47. The second-order valence-corrected chi connectivity index (χ2v) is 3.71. The molecule has 0 radical (unpaired) electrons. The summed E-state index contributed by atoms with van der Waals surface area (Å²) in [6.45, 7) is 3.00. The molecule has 1 atom stereocenters. The third-order valence-electron chi connectivity index (χ3n) is 2.58. The van der Waals surface area contributed by atoms with Gasteiger partial charge in [-0.3, -0.25) is 0 Å². The minimum absolute atomic E-state index is 0.0684. The summed E-state index contributed by atoms with van der Waals surface area (Å²) in [5, 5.41) is 20.4. The highest BCUT2D eigenvalue weighted by Gasteiger charge is 2.41. The van der Waals surface area contributed by atoms with Gasteiger partial charge in [0, 0.05) is 13.2 Å². The van der Waals surface area contributed by atoms with Crippen LogP contribution in [0, 0.1) is 16.7 Å². The zero-order valence-electron chi connectivity index (χ0n) is 7.51. The molecule has 3 heteroatoms. The summed E-state index contributed by atoms with van der Waals surface area (Å²) >= 11 is 0. The maximum absolute atomic E-state index is 8.77. The third-order valence-corrected chi connectivity index (χ3v) is 2.58. The van der Waals surface area contributed by atoms with Crippen molar-refractivity contribution in [1.82, 2.24) is 5.32 Å². The number of nitrogens with zero attached hydrogens (tertiary/aromatic N) is 1. The Morgan fingerprint density at radius 3 is 2.75 bits per heavy atom. The minimum Gasteiger partial charge on any atom is -0.396 e. The van der Waals surface area contributed by atoms with Crippen LogP contribution in [0.1, 0.15) is 26.2 Å². The predicted octanol–water partition coefficient (Wildman–Crippen LogP) is 0.651. The lowest BCUT2D eigenvalue weighted by Crippen LogP contribution is -2.31. The summed E-state index contributed by atoms with van der Waals surface area (Å²) in [4.78, 5) is 0. The van der Waals surface area contributed by atoms with Crippen molar-refractivity contribution in [3.05, 3.63) is 0 Å². The first-order valence-electron chi connectivity index (χ1n) is 4.46. The highest BCUT2D eigenvalue weighted by molar-refractivity contribution is 4.97. The van der Waals surface area contributed by atoms with Gasteiger partial charge in [-0.1, -0.05) is 0 Å². The number of nitriles is 1. The molecule has 2 N–H and O–H groups in total. The first-order valence-corrected chi connectivity index (χ1v) is 4.46. The molecule has 1 fully saturated rings. The molecule has 0 aromatic rings. The van der Waals surface area contributed by atoms with Gasteiger partial charge in [-0.25, -0.2) is 0 Å². The van der Waals surface area contributed by atoms with Crippen LogP contribution >= 0.6 is 0 Å². The van der Waals surface area contributed by atoms with Gasteiger partial charge in [-0.2, -0.15) is 5.26 Å². The summed E-state index contributed by atoms with van der Waals surface area (Å²) < 4.78 is 0. The molecule has 0 aliphatic heterocycles. The van der Waals surface area contributed by atoms with E-state index in [9.17, 15) is 0 Å². The van der Waals surface area contributed by atoms with Crippen molar-refractivity contribution in [2.45, 2.75) is 32.2 Å². The number of rotatable bonds is 5. The van der Waals surface area contributed by atoms with Crippen molar-refractivity contribution < 1.29 is 5.11 Å². The molecule has 68 valence electrons. The number of aliphatic hydroxyl groups excluding tert-OH is 1. The van der Waals surface area contributed by atoms with E-state index < -0.39 is 0 Å². The fourth-order valence-electron chi connectivity index (χ4n) is 1.34. The van der Waals surface area contributed by atoms with Gasteiger partial charge < -0.3 is 10.4 Å². The van der Waals surface area contributed by atoms with Crippen molar-refractivity contribution in [2.75, 3.05) is 13.2 Å². The van der Waals surface area contributed by atoms with Crippen LogP contribution in [0.3, 0.4) is 0 Å². The second kappa shape index (κ2) is 3.88. The summed E-state index contributed by atoms with van der Waals surface area (Å²) in [6, 6.07) is 2.07. The van der Waals surface area contributed by atoms with E-state index in [2.05, 4.69) is 11.4 Å². The summed E-state index contributed by atoms with van der Waals surface area (Å²) in [7, 11) is 0. The molecule has 12 heavy (non-hydrogen) atoms. The Bertz CT molecular complexity index is 181. The van der Waals surface area contributed by atoms with E-state index in [1.165, 1.54) is 12.8 Å². The van der Waals surface area contributed by atoms with Crippen LogP contribution in [0.25, 0.3) is 0 Å². The van der Waals surface area contributed by atoms with Gasteiger partial charge in [-0.15, -0.1) is 0 Å². The van der Waals surface area contributed by atoms with Crippen LogP contribution < -0.4 is 5.32 Å². The molecule has 0 bridgehead atoms. The average Bonchev–Trinajstić information content (AvgIpc) is 2.82. The molecule has 1 saturated carbocycles. The monoisotopic (exact) mass is 168 g/mol. The van der Waals surface area contributed by atoms with Crippen LogP contribution in [0.2, 0.25) is 0 Å². The van der Waals surface area contributed by atoms with Crippen molar-refractivity contribution in [3.8, 4) is 6.07 Å². The molecule has 1 aliphatic carbocycles. The number of hydrogen-bond donors (Lipinski definition) is 2. The summed E-state index contributed by atoms with van der Waals surface area (Å²) in [6.07, 6.45) is 3.26.